The molecule has 0 radical (unpaired) electrons. The zero-order valence-corrected chi connectivity index (χ0v) is 22.9. The minimum atomic E-state index is -0.926. The maximum absolute atomic E-state index is 13.1. The minimum Gasteiger partial charge on any atom is -0.493 e. The number of aromatic nitrogens is 1. The van der Waals surface area contributed by atoms with Crippen LogP contribution in [0.5, 0.6) is 11.5 Å². The first kappa shape index (κ1) is 27.0. The van der Waals surface area contributed by atoms with E-state index in [0.717, 1.165) is 10.0 Å². The van der Waals surface area contributed by atoms with Crippen molar-refractivity contribution in [2.24, 2.45) is 0 Å². The molecule has 0 atom stereocenters. The van der Waals surface area contributed by atoms with Gasteiger partial charge in [0, 0.05) is 16.4 Å². The highest BCUT2D eigenvalue weighted by atomic mass is 79.9. The molecule has 0 spiro atoms. The number of hydrogen-bond donors (Lipinski definition) is 3. The van der Waals surface area contributed by atoms with Gasteiger partial charge in [-0.1, -0.05) is 45.7 Å². The van der Waals surface area contributed by atoms with Gasteiger partial charge in [-0.05, 0) is 60.5 Å². The van der Waals surface area contributed by atoms with Crippen molar-refractivity contribution in [2.75, 3.05) is 31.5 Å². The fourth-order valence-corrected chi connectivity index (χ4v) is 4.37. The Morgan fingerprint density at radius 3 is 2.42 bits per heavy atom. The normalized spacial score (nSPS) is 10.6. The summed E-state index contributed by atoms with van der Waals surface area (Å²) in [6.07, 6.45) is 0.464. The van der Waals surface area contributed by atoms with Crippen LogP contribution in [0.3, 0.4) is 0 Å². The molecular weight excluding hydrogens is 576 g/mol. The first-order chi connectivity index (χ1) is 18.3. The number of benzene rings is 3. The van der Waals surface area contributed by atoms with E-state index in [1.54, 1.807) is 74.9 Å². The second-order valence-electron chi connectivity index (χ2n) is 8.14. The van der Waals surface area contributed by atoms with Crippen molar-refractivity contribution >= 4 is 61.8 Å². The summed E-state index contributed by atoms with van der Waals surface area (Å²) in [5.74, 6) is -1.12. The van der Waals surface area contributed by atoms with E-state index in [0.29, 0.717) is 39.5 Å². The van der Waals surface area contributed by atoms with E-state index in [1.807, 2.05) is 6.07 Å². The van der Waals surface area contributed by atoms with Crippen LogP contribution in [0.4, 0.5) is 5.69 Å². The number of hydrogen-bond acceptors (Lipinski definition) is 5. The fraction of sp³-hybridized carbons (Fsp3) is 0.148. The Morgan fingerprint density at radius 1 is 0.921 bits per heavy atom. The first-order valence-corrected chi connectivity index (χ1v) is 12.6. The van der Waals surface area contributed by atoms with Gasteiger partial charge in [-0.2, -0.15) is 0 Å². The third-order valence-electron chi connectivity index (χ3n) is 5.69. The number of nitrogens with one attached hydrogen (secondary N) is 3. The number of halogens is 2. The number of fused-ring (bicyclic) bond motifs is 1. The predicted octanol–water partition coefficient (Wildman–Crippen LogP) is 4.76. The monoisotopic (exact) mass is 598 g/mol. The average Bonchev–Trinajstić information content (AvgIpc) is 3.26. The van der Waals surface area contributed by atoms with E-state index >= 15 is 0 Å². The number of carbonyl (C=O) groups is 3. The quantitative estimate of drug-likeness (QED) is 0.253. The van der Waals surface area contributed by atoms with Gasteiger partial charge in [0.25, 0.3) is 5.91 Å². The zero-order valence-electron chi connectivity index (χ0n) is 20.5. The second-order valence-corrected chi connectivity index (χ2v) is 9.46. The van der Waals surface area contributed by atoms with E-state index in [1.165, 1.54) is 4.68 Å². The molecule has 11 heteroatoms. The lowest BCUT2D eigenvalue weighted by atomic mass is 10.1. The summed E-state index contributed by atoms with van der Waals surface area (Å²) in [4.78, 5) is 38.5. The molecule has 1 heterocycles. The van der Waals surface area contributed by atoms with Gasteiger partial charge < -0.3 is 20.1 Å². The van der Waals surface area contributed by atoms with Crippen molar-refractivity contribution < 1.29 is 23.9 Å². The summed E-state index contributed by atoms with van der Waals surface area (Å²) in [5, 5.41) is 6.38. The summed E-state index contributed by atoms with van der Waals surface area (Å²) in [7, 11) is 3.09. The molecule has 1 aromatic heterocycles. The molecule has 0 saturated heterocycles. The SMILES string of the molecule is COc1ccc(CCNC(=O)C(=O)Nn2c(C(=O)Nc3ccccc3Cl)cc3cc(Br)ccc32)cc1OC. The molecule has 0 aliphatic carbocycles. The van der Waals surface area contributed by atoms with Crippen LogP contribution in [0.2, 0.25) is 5.02 Å². The average molecular weight is 600 g/mol. The van der Waals surface area contributed by atoms with E-state index in [9.17, 15) is 14.4 Å². The lowest BCUT2D eigenvalue weighted by Gasteiger charge is -2.13. The highest BCUT2D eigenvalue weighted by Crippen LogP contribution is 2.28. The maximum Gasteiger partial charge on any atom is 0.328 e. The lowest BCUT2D eigenvalue weighted by Crippen LogP contribution is -2.40. The maximum atomic E-state index is 13.1. The lowest BCUT2D eigenvalue weighted by molar-refractivity contribution is -0.136. The smallest absolute Gasteiger partial charge is 0.328 e. The van der Waals surface area contributed by atoms with Crippen LogP contribution in [0.1, 0.15) is 16.1 Å². The van der Waals surface area contributed by atoms with E-state index in [-0.39, 0.29) is 12.2 Å². The summed E-state index contributed by atoms with van der Waals surface area (Å²) >= 11 is 9.59. The number of ether oxygens (including phenoxy) is 2. The molecule has 4 aromatic rings. The summed E-state index contributed by atoms with van der Waals surface area (Å²) in [6, 6.07) is 19.1. The summed E-state index contributed by atoms with van der Waals surface area (Å²) < 4.78 is 12.6. The molecule has 3 N–H and O–H groups in total. The standard InChI is InChI=1S/C27H24BrClN4O5/c1-37-23-10-7-16(13-24(23)38-2)11-12-30-26(35)27(36)32-33-21-9-8-18(28)14-17(21)15-22(33)25(34)31-20-6-4-3-5-19(20)29/h3-10,13-15H,11-12H2,1-2H3,(H,30,35)(H,31,34)(H,32,36). The molecule has 0 aliphatic rings. The largest absolute Gasteiger partial charge is 0.493 e. The predicted molar refractivity (Wildman–Crippen MR) is 150 cm³/mol. The van der Waals surface area contributed by atoms with Gasteiger partial charge in [0.1, 0.15) is 5.69 Å². The Labute approximate surface area is 232 Å². The van der Waals surface area contributed by atoms with E-state index < -0.39 is 17.7 Å². The molecule has 3 aromatic carbocycles. The number of carbonyl (C=O) groups excluding carboxylic acids is 3. The number of para-hydroxylation sites is 1. The Balaban J connectivity index is 1.48. The highest BCUT2D eigenvalue weighted by molar-refractivity contribution is 9.10. The topological polar surface area (TPSA) is 111 Å². The van der Waals surface area contributed by atoms with Gasteiger partial charge in [-0.15, -0.1) is 0 Å². The van der Waals surface area contributed by atoms with Crippen LogP contribution >= 0.6 is 27.5 Å². The molecule has 3 amide bonds. The highest BCUT2D eigenvalue weighted by Gasteiger charge is 2.21. The van der Waals surface area contributed by atoms with Crippen LogP contribution in [-0.4, -0.2) is 43.2 Å². The number of methoxy groups -OCH3 is 2. The molecular formula is C27H24BrClN4O5. The van der Waals surface area contributed by atoms with Crippen molar-refractivity contribution in [1.82, 2.24) is 9.99 Å². The van der Waals surface area contributed by atoms with Crippen molar-refractivity contribution in [1.29, 1.82) is 0 Å². The molecule has 0 bridgehead atoms. The van der Waals surface area contributed by atoms with Gasteiger partial charge in [-0.25, -0.2) is 4.68 Å². The summed E-state index contributed by atoms with van der Waals surface area (Å²) in [6.45, 7) is 0.209. The number of rotatable bonds is 8. The van der Waals surface area contributed by atoms with E-state index in [2.05, 4.69) is 32.0 Å². The molecule has 0 fully saturated rings. The summed E-state index contributed by atoms with van der Waals surface area (Å²) in [5.41, 5.74) is 4.49. The van der Waals surface area contributed by atoms with Gasteiger partial charge in [0.05, 0.1) is 30.4 Å². The van der Waals surface area contributed by atoms with Crippen molar-refractivity contribution in [3.8, 4) is 11.5 Å². The molecule has 0 aliphatic heterocycles. The molecule has 0 saturated carbocycles. The zero-order chi connectivity index (χ0) is 27.2. The van der Waals surface area contributed by atoms with Crippen LogP contribution in [0, 0.1) is 0 Å². The number of amides is 3. The molecule has 38 heavy (non-hydrogen) atoms. The number of nitrogens with zero attached hydrogens (tertiary/aromatic N) is 1. The van der Waals surface area contributed by atoms with Gasteiger partial charge in [0.2, 0.25) is 0 Å². The van der Waals surface area contributed by atoms with Crippen LogP contribution in [0.15, 0.2) is 71.2 Å². The third kappa shape index (κ3) is 6.09. The van der Waals surface area contributed by atoms with Crippen molar-refractivity contribution in [3.63, 3.8) is 0 Å². The fourth-order valence-electron chi connectivity index (χ4n) is 3.81. The van der Waals surface area contributed by atoms with Crippen molar-refractivity contribution in [2.45, 2.75) is 6.42 Å². The Bertz CT molecular complexity index is 1520. The first-order valence-electron chi connectivity index (χ1n) is 11.5. The Kier molecular flexibility index (Phi) is 8.55. The number of anilines is 1. The Hall–Kier alpha value is -4.02. The van der Waals surface area contributed by atoms with Crippen LogP contribution in [0.25, 0.3) is 10.9 Å². The molecule has 0 unspecified atom stereocenters. The van der Waals surface area contributed by atoms with Crippen LogP contribution < -0.4 is 25.5 Å². The van der Waals surface area contributed by atoms with Gasteiger partial charge in [0.15, 0.2) is 11.5 Å². The molecule has 196 valence electrons. The molecule has 4 rings (SSSR count). The third-order valence-corrected chi connectivity index (χ3v) is 6.51. The minimum absolute atomic E-state index is 0.115. The van der Waals surface area contributed by atoms with E-state index in [4.69, 9.17) is 21.1 Å². The van der Waals surface area contributed by atoms with Gasteiger partial charge in [-0.3, -0.25) is 19.8 Å². The van der Waals surface area contributed by atoms with Crippen LogP contribution in [-0.2, 0) is 16.0 Å². The second kappa shape index (κ2) is 12.0. The Morgan fingerprint density at radius 2 is 1.68 bits per heavy atom. The van der Waals surface area contributed by atoms with Crippen molar-refractivity contribution in [3.05, 3.63) is 87.5 Å². The molecule has 9 nitrogen and oxygen atoms in total. The van der Waals surface area contributed by atoms with Gasteiger partial charge >= 0.3 is 11.8 Å².